The van der Waals surface area contributed by atoms with Gasteiger partial charge >= 0.3 is 0 Å². The van der Waals surface area contributed by atoms with E-state index in [0.29, 0.717) is 12.4 Å². The van der Waals surface area contributed by atoms with Crippen LogP contribution in [0.5, 0.6) is 5.88 Å². The molecule has 0 aliphatic rings. The predicted molar refractivity (Wildman–Crippen MR) is 128 cm³/mol. The molecule has 7 nitrogen and oxygen atoms in total. The van der Waals surface area contributed by atoms with Crippen LogP contribution in [0.1, 0.15) is 24.7 Å². The molecule has 29 heavy (non-hydrogen) atoms. The number of guanidine groups is 1. The minimum atomic E-state index is 0. The van der Waals surface area contributed by atoms with Crippen LogP contribution in [-0.4, -0.2) is 40.7 Å². The fourth-order valence-electron chi connectivity index (χ4n) is 3.16. The molecule has 2 heterocycles. The Morgan fingerprint density at radius 3 is 2.79 bits per heavy atom. The van der Waals surface area contributed by atoms with E-state index in [4.69, 9.17) is 4.74 Å². The number of aliphatic imine (C=N–C) groups is 1. The molecule has 0 saturated carbocycles. The van der Waals surface area contributed by atoms with E-state index in [-0.39, 0.29) is 24.0 Å². The topological polar surface area (TPSA) is 76.4 Å². The first kappa shape index (κ1) is 22.9. The average Bonchev–Trinajstić information content (AvgIpc) is 3.04. The van der Waals surface area contributed by atoms with Gasteiger partial charge in [-0.1, -0.05) is 18.2 Å². The van der Waals surface area contributed by atoms with E-state index in [2.05, 4.69) is 62.2 Å². The van der Waals surface area contributed by atoms with Gasteiger partial charge in [0.2, 0.25) is 5.88 Å². The molecular formula is C21H29IN6O. The molecule has 2 aromatic heterocycles. The maximum absolute atomic E-state index is 5.29. The lowest BCUT2D eigenvalue weighted by atomic mass is 10.3. The SMILES string of the molecule is CCNC(=NCc1cccnc1OC)NCCCn1c(C)nc2ccccc21.I. The largest absolute Gasteiger partial charge is 0.481 e. The van der Waals surface area contributed by atoms with Gasteiger partial charge in [0.25, 0.3) is 0 Å². The Balaban J connectivity index is 0.00000300. The maximum Gasteiger partial charge on any atom is 0.218 e. The maximum atomic E-state index is 5.29. The highest BCUT2D eigenvalue weighted by Gasteiger charge is 2.07. The number of pyridine rings is 1. The molecular weight excluding hydrogens is 479 g/mol. The molecule has 0 aliphatic carbocycles. The van der Waals surface area contributed by atoms with Gasteiger partial charge in [-0.15, -0.1) is 24.0 Å². The number of aromatic nitrogens is 3. The number of benzene rings is 1. The van der Waals surface area contributed by atoms with Gasteiger partial charge in [0, 0.05) is 31.4 Å². The van der Waals surface area contributed by atoms with Crippen molar-refractivity contribution in [2.24, 2.45) is 4.99 Å². The number of nitrogens with zero attached hydrogens (tertiary/aromatic N) is 4. The molecule has 0 saturated heterocycles. The number of rotatable bonds is 8. The van der Waals surface area contributed by atoms with Gasteiger partial charge in [-0.2, -0.15) is 0 Å². The molecule has 0 aliphatic heterocycles. The van der Waals surface area contributed by atoms with Crippen molar-refractivity contribution < 1.29 is 4.74 Å². The highest BCUT2D eigenvalue weighted by Crippen LogP contribution is 2.16. The zero-order valence-corrected chi connectivity index (χ0v) is 19.5. The Bertz CT molecular complexity index is 940. The molecule has 0 spiro atoms. The summed E-state index contributed by atoms with van der Waals surface area (Å²) in [7, 11) is 1.63. The summed E-state index contributed by atoms with van der Waals surface area (Å²) in [5.41, 5.74) is 3.19. The van der Waals surface area contributed by atoms with Gasteiger partial charge in [0.15, 0.2) is 5.96 Å². The van der Waals surface area contributed by atoms with Crippen LogP contribution < -0.4 is 15.4 Å². The van der Waals surface area contributed by atoms with Crippen molar-refractivity contribution in [1.82, 2.24) is 25.2 Å². The second-order valence-corrected chi connectivity index (χ2v) is 6.45. The average molecular weight is 508 g/mol. The smallest absolute Gasteiger partial charge is 0.218 e. The molecule has 8 heteroatoms. The normalized spacial score (nSPS) is 11.2. The third-order valence-electron chi connectivity index (χ3n) is 4.49. The molecule has 156 valence electrons. The van der Waals surface area contributed by atoms with E-state index in [1.54, 1.807) is 13.3 Å². The first-order chi connectivity index (χ1) is 13.7. The van der Waals surface area contributed by atoms with Crippen LogP contribution in [-0.2, 0) is 13.1 Å². The first-order valence-corrected chi connectivity index (χ1v) is 9.65. The van der Waals surface area contributed by atoms with Crippen LogP contribution >= 0.6 is 24.0 Å². The van der Waals surface area contributed by atoms with E-state index in [9.17, 15) is 0 Å². The molecule has 0 unspecified atom stereocenters. The summed E-state index contributed by atoms with van der Waals surface area (Å²) in [5.74, 6) is 2.45. The Kier molecular flexibility index (Phi) is 9.17. The third-order valence-corrected chi connectivity index (χ3v) is 4.49. The molecule has 0 fully saturated rings. The molecule has 3 rings (SSSR count). The van der Waals surface area contributed by atoms with Crippen molar-refractivity contribution in [1.29, 1.82) is 0 Å². The summed E-state index contributed by atoms with van der Waals surface area (Å²) in [6.07, 6.45) is 2.69. The number of para-hydroxylation sites is 2. The van der Waals surface area contributed by atoms with Crippen LogP contribution in [0.4, 0.5) is 0 Å². The van der Waals surface area contributed by atoms with Gasteiger partial charge in [0.1, 0.15) is 5.82 Å². The second kappa shape index (κ2) is 11.6. The van der Waals surface area contributed by atoms with Gasteiger partial charge < -0.3 is 19.9 Å². The van der Waals surface area contributed by atoms with E-state index in [1.807, 2.05) is 18.2 Å². The summed E-state index contributed by atoms with van der Waals surface area (Å²) in [6, 6.07) is 12.1. The molecule has 0 atom stereocenters. The van der Waals surface area contributed by atoms with Crippen molar-refractivity contribution in [3.8, 4) is 5.88 Å². The van der Waals surface area contributed by atoms with Gasteiger partial charge in [-0.05, 0) is 38.5 Å². The fraction of sp³-hybridized carbons (Fsp3) is 0.381. The molecule has 2 N–H and O–H groups in total. The Morgan fingerprint density at radius 2 is 2.00 bits per heavy atom. The van der Waals surface area contributed by atoms with Gasteiger partial charge in [0.05, 0.1) is 24.7 Å². The number of methoxy groups -OCH3 is 1. The zero-order valence-electron chi connectivity index (χ0n) is 17.2. The first-order valence-electron chi connectivity index (χ1n) is 9.65. The number of imidazole rings is 1. The zero-order chi connectivity index (χ0) is 19.8. The summed E-state index contributed by atoms with van der Waals surface area (Å²) < 4.78 is 7.56. The molecule has 3 aromatic rings. The van der Waals surface area contributed by atoms with Crippen molar-refractivity contribution in [2.45, 2.75) is 33.4 Å². The fourth-order valence-corrected chi connectivity index (χ4v) is 3.16. The number of aryl methyl sites for hydroxylation is 2. The van der Waals surface area contributed by atoms with E-state index < -0.39 is 0 Å². The minimum absolute atomic E-state index is 0. The number of fused-ring (bicyclic) bond motifs is 1. The summed E-state index contributed by atoms with van der Waals surface area (Å²) in [5, 5.41) is 6.69. The molecule has 0 radical (unpaired) electrons. The van der Waals surface area contributed by atoms with Gasteiger partial charge in [-0.25, -0.2) is 15.0 Å². The highest BCUT2D eigenvalue weighted by atomic mass is 127. The number of nitrogens with one attached hydrogen (secondary N) is 2. The van der Waals surface area contributed by atoms with Crippen LogP contribution in [0.2, 0.25) is 0 Å². The van der Waals surface area contributed by atoms with Crippen LogP contribution in [0.3, 0.4) is 0 Å². The Labute approximate surface area is 189 Å². The summed E-state index contributed by atoms with van der Waals surface area (Å²) in [4.78, 5) is 13.5. The highest BCUT2D eigenvalue weighted by molar-refractivity contribution is 14.0. The quantitative estimate of drug-likeness (QED) is 0.211. The molecule has 0 bridgehead atoms. The number of hydrogen-bond acceptors (Lipinski definition) is 4. The Hall–Kier alpha value is -2.36. The van der Waals surface area contributed by atoms with Crippen molar-refractivity contribution in [3.63, 3.8) is 0 Å². The van der Waals surface area contributed by atoms with Crippen LogP contribution in [0.15, 0.2) is 47.6 Å². The molecule has 0 amide bonds. The second-order valence-electron chi connectivity index (χ2n) is 6.45. The lowest BCUT2D eigenvalue weighted by Crippen LogP contribution is -2.38. The monoisotopic (exact) mass is 508 g/mol. The van der Waals surface area contributed by atoms with Crippen LogP contribution in [0, 0.1) is 6.92 Å². The lowest BCUT2D eigenvalue weighted by molar-refractivity contribution is 0.392. The van der Waals surface area contributed by atoms with Crippen molar-refractivity contribution >= 4 is 41.0 Å². The van der Waals surface area contributed by atoms with E-state index in [1.165, 1.54) is 5.52 Å². The Morgan fingerprint density at radius 1 is 1.17 bits per heavy atom. The van der Waals surface area contributed by atoms with Crippen molar-refractivity contribution in [3.05, 3.63) is 54.0 Å². The predicted octanol–water partition coefficient (Wildman–Crippen LogP) is 3.51. The lowest BCUT2D eigenvalue weighted by Gasteiger charge is -2.13. The summed E-state index contributed by atoms with van der Waals surface area (Å²) >= 11 is 0. The standard InChI is InChI=1S/C21H28N6O.HI/c1-4-22-21(25-15-17-9-7-12-23-20(17)28-3)24-13-8-14-27-16(2)26-18-10-5-6-11-19(18)27;/h5-7,9-12H,4,8,13-15H2,1-3H3,(H2,22,24,25);1H. The van der Waals surface area contributed by atoms with E-state index >= 15 is 0 Å². The third kappa shape index (κ3) is 6.06. The number of ether oxygens (including phenoxy) is 1. The molecule has 1 aromatic carbocycles. The van der Waals surface area contributed by atoms with Gasteiger partial charge in [-0.3, -0.25) is 0 Å². The summed E-state index contributed by atoms with van der Waals surface area (Å²) in [6.45, 7) is 7.17. The van der Waals surface area contributed by atoms with Crippen LogP contribution in [0.25, 0.3) is 11.0 Å². The minimum Gasteiger partial charge on any atom is -0.481 e. The number of hydrogen-bond donors (Lipinski definition) is 2. The number of halogens is 1. The van der Waals surface area contributed by atoms with E-state index in [0.717, 1.165) is 48.9 Å². The van der Waals surface area contributed by atoms with Crippen molar-refractivity contribution in [2.75, 3.05) is 20.2 Å².